The number of anilines is 1. The molecular formula is C13H16N2O. The lowest BCUT2D eigenvalue weighted by molar-refractivity contribution is 0.129. The van der Waals surface area contributed by atoms with Gasteiger partial charge in [-0.05, 0) is 19.1 Å². The molecule has 0 fully saturated rings. The summed E-state index contributed by atoms with van der Waals surface area (Å²) in [7, 11) is 1.72. The molecule has 0 saturated carbocycles. The second-order valence-electron chi connectivity index (χ2n) is 3.80. The van der Waals surface area contributed by atoms with Crippen LogP contribution >= 0.6 is 0 Å². The molecule has 0 amide bonds. The number of hydrogen-bond donors (Lipinski definition) is 1. The van der Waals surface area contributed by atoms with E-state index in [1.54, 1.807) is 7.11 Å². The molecule has 1 N–H and O–H groups in total. The van der Waals surface area contributed by atoms with E-state index in [0.29, 0.717) is 0 Å². The molecule has 1 aromatic carbocycles. The van der Waals surface area contributed by atoms with Gasteiger partial charge in [0.25, 0.3) is 0 Å². The zero-order valence-electron chi connectivity index (χ0n) is 9.60. The first-order valence-corrected chi connectivity index (χ1v) is 5.41. The Bertz CT molecular complexity index is 465. The monoisotopic (exact) mass is 216 g/mol. The third-order valence-corrected chi connectivity index (χ3v) is 2.63. The van der Waals surface area contributed by atoms with Crippen LogP contribution in [-0.2, 0) is 4.74 Å². The first kappa shape index (κ1) is 10.9. The fourth-order valence-electron chi connectivity index (χ4n) is 1.59. The van der Waals surface area contributed by atoms with Crippen LogP contribution in [0.1, 0.15) is 6.92 Å². The van der Waals surface area contributed by atoms with E-state index in [-0.39, 0.29) is 6.10 Å². The lowest BCUT2D eigenvalue weighted by atomic mass is 10.2. The molecule has 0 bridgehead atoms. The molecule has 0 saturated heterocycles. The minimum atomic E-state index is 0.201. The number of para-hydroxylation sites is 1. The van der Waals surface area contributed by atoms with Crippen molar-refractivity contribution < 1.29 is 4.74 Å². The normalized spacial score (nSPS) is 12.6. The van der Waals surface area contributed by atoms with Gasteiger partial charge in [0.05, 0.1) is 11.6 Å². The summed E-state index contributed by atoms with van der Waals surface area (Å²) in [5.41, 5.74) is 2.12. The number of pyridine rings is 1. The Balaban J connectivity index is 2.23. The third kappa shape index (κ3) is 2.31. The van der Waals surface area contributed by atoms with E-state index < -0.39 is 0 Å². The number of rotatable bonds is 4. The standard InChI is InChI=1S/C13H16N2O/c1-10(16-2)9-15-13-7-8-14-12-6-4-3-5-11(12)13/h3-8,10H,9H2,1-2H3,(H,14,15). The first-order chi connectivity index (χ1) is 7.81. The highest BCUT2D eigenvalue weighted by molar-refractivity contribution is 5.90. The quantitative estimate of drug-likeness (QED) is 0.853. The Morgan fingerprint density at radius 2 is 2.12 bits per heavy atom. The van der Waals surface area contributed by atoms with Gasteiger partial charge in [0, 0.05) is 30.9 Å². The van der Waals surface area contributed by atoms with E-state index >= 15 is 0 Å². The van der Waals surface area contributed by atoms with Crippen molar-refractivity contribution >= 4 is 16.6 Å². The second-order valence-corrected chi connectivity index (χ2v) is 3.80. The van der Waals surface area contributed by atoms with E-state index in [9.17, 15) is 0 Å². The minimum Gasteiger partial charge on any atom is -0.382 e. The molecule has 0 spiro atoms. The molecule has 1 unspecified atom stereocenters. The summed E-state index contributed by atoms with van der Waals surface area (Å²) < 4.78 is 5.21. The average molecular weight is 216 g/mol. The van der Waals surface area contributed by atoms with Crippen molar-refractivity contribution in [2.24, 2.45) is 0 Å². The number of methoxy groups -OCH3 is 1. The molecule has 1 aromatic heterocycles. The van der Waals surface area contributed by atoms with Gasteiger partial charge in [-0.3, -0.25) is 4.98 Å². The van der Waals surface area contributed by atoms with Gasteiger partial charge in [-0.1, -0.05) is 18.2 Å². The number of hydrogen-bond acceptors (Lipinski definition) is 3. The van der Waals surface area contributed by atoms with Crippen molar-refractivity contribution in [3.63, 3.8) is 0 Å². The lowest BCUT2D eigenvalue weighted by Crippen LogP contribution is -2.18. The fraction of sp³-hybridized carbons (Fsp3) is 0.308. The molecule has 2 aromatic rings. The van der Waals surface area contributed by atoms with Gasteiger partial charge < -0.3 is 10.1 Å². The Kier molecular flexibility index (Phi) is 3.37. The number of aromatic nitrogens is 1. The molecule has 0 aliphatic heterocycles. The number of benzene rings is 1. The summed E-state index contributed by atoms with van der Waals surface area (Å²) in [6, 6.07) is 10.1. The average Bonchev–Trinajstić information content (AvgIpc) is 2.35. The fourth-order valence-corrected chi connectivity index (χ4v) is 1.59. The van der Waals surface area contributed by atoms with Crippen molar-refractivity contribution in [3.8, 4) is 0 Å². The van der Waals surface area contributed by atoms with Crippen LogP contribution in [0, 0.1) is 0 Å². The largest absolute Gasteiger partial charge is 0.382 e. The number of fused-ring (bicyclic) bond motifs is 1. The second kappa shape index (κ2) is 4.94. The molecular weight excluding hydrogens is 200 g/mol. The van der Waals surface area contributed by atoms with Crippen molar-refractivity contribution in [2.75, 3.05) is 19.0 Å². The number of nitrogens with one attached hydrogen (secondary N) is 1. The van der Waals surface area contributed by atoms with E-state index in [0.717, 1.165) is 23.1 Å². The van der Waals surface area contributed by atoms with Gasteiger partial charge >= 0.3 is 0 Å². The van der Waals surface area contributed by atoms with Gasteiger partial charge in [0.2, 0.25) is 0 Å². The van der Waals surface area contributed by atoms with Crippen LogP contribution in [-0.4, -0.2) is 24.7 Å². The maximum atomic E-state index is 5.21. The summed E-state index contributed by atoms with van der Waals surface area (Å²) in [5, 5.41) is 4.52. The van der Waals surface area contributed by atoms with Crippen LogP contribution in [0.25, 0.3) is 10.9 Å². The number of nitrogens with zero attached hydrogens (tertiary/aromatic N) is 1. The molecule has 3 nitrogen and oxygen atoms in total. The van der Waals surface area contributed by atoms with Crippen LogP contribution in [0.5, 0.6) is 0 Å². The van der Waals surface area contributed by atoms with Crippen molar-refractivity contribution in [1.29, 1.82) is 0 Å². The molecule has 1 heterocycles. The highest BCUT2D eigenvalue weighted by atomic mass is 16.5. The van der Waals surface area contributed by atoms with Gasteiger partial charge in [0.15, 0.2) is 0 Å². The van der Waals surface area contributed by atoms with Crippen LogP contribution in [0.4, 0.5) is 5.69 Å². The Morgan fingerprint density at radius 3 is 2.94 bits per heavy atom. The highest BCUT2D eigenvalue weighted by Crippen LogP contribution is 2.20. The molecule has 2 rings (SSSR count). The summed E-state index contributed by atoms with van der Waals surface area (Å²) in [6.07, 6.45) is 2.02. The van der Waals surface area contributed by atoms with Gasteiger partial charge in [-0.2, -0.15) is 0 Å². The molecule has 84 valence electrons. The SMILES string of the molecule is COC(C)CNc1ccnc2ccccc12. The maximum absolute atomic E-state index is 5.21. The summed E-state index contributed by atoms with van der Waals surface area (Å²) in [6.45, 7) is 2.83. The Morgan fingerprint density at radius 1 is 1.31 bits per heavy atom. The van der Waals surface area contributed by atoms with E-state index in [2.05, 4.69) is 16.4 Å². The van der Waals surface area contributed by atoms with Crippen LogP contribution in [0.15, 0.2) is 36.5 Å². The lowest BCUT2D eigenvalue weighted by Gasteiger charge is -2.13. The molecule has 3 heteroatoms. The van der Waals surface area contributed by atoms with Crippen molar-refractivity contribution in [3.05, 3.63) is 36.5 Å². The molecule has 0 aliphatic carbocycles. The number of ether oxygens (including phenoxy) is 1. The summed E-state index contributed by atoms with van der Waals surface area (Å²) in [4.78, 5) is 4.32. The topological polar surface area (TPSA) is 34.1 Å². The Labute approximate surface area is 95.5 Å². The van der Waals surface area contributed by atoms with E-state index in [4.69, 9.17) is 4.74 Å². The van der Waals surface area contributed by atoms with Gasteiger partial charge in [-0.15, -0.1) is 0 Å². The van der Waals surface area contributed by atoms with Crippen molar-refractivity contribution in [2.45, 2.75) is 13.0 Å². The van der Waals surface area contributed by atoms with Crippen molar-refractivity contribution in [1.82, 2.24) is 4.98 Å². The highest BCUT2D eigenvalue weighted by Gasteiger charge is 2.02. The van der Waals surface area contributed by atoms with Crippen LogP contribution in [0.2, 0.25) is 0 Å². The maximum Gasteiger partial charge on any atom is 0.0722 e. The van der Waals surface area contributed by atoms with E-state index in [1.165, 1.54) is 0 Å². The third-order valence-electron chi connectivity index (χ3n) is 2.63. The zero-order valence-corrected chi connectivity index (χ0v) is 9.60. The predicted molar refractivity (Wildman–Crippen MR) is 66.7 cm³/mol. The first-order valence-electron chi connectivity index (χ1n) is 5.41. The van der Waals surface area contributed by atoms with Crippen LogP contribution in [0.3, 0.4) is 0 Å². The summed E-state index contributed by atoms with van der Waals surface area (Å²) >= 11 is 0. The van der Waals surface area contributed by atoms with E-state index in [1.807, 2.05) is 37.4 Å². The molecule has 0 radical (unpaired) electrons. The van der Waals surface area contributed by atoms with Gasteiger partial charge in [0.1, 0.15) is 0 Å². The Hall–Kier alpha value is -1.61. The van der Waals surface area contributed by atoms with Crippen LogP contribution < -0.4 is 5.32 Å². The smallest absolute Gasteiger partial charge is 0.0722 e. The zero-order chi connectivity index (χ0) is 11.4. The molecule has 0 aliphatic rings. The molecule has 16 heavy (non-hydrogen) atoms. The van der Waals surface area contributed by atoms with Gasteiger partial charge in [-0.25, -0.2) is 0 Å². The predicted octanol–water partition coefficient (Wildman–Crippen LogP) is 2.68. The summed E-state index contributed by atoms with van der Waals surface area (Å²) in [5.74, 6) is 0. The molecule has 1 atom stereocenters. The minimum absolute atomic E-state index is 0.201.